The van der Waals surface area contributed by atoms with Gasteiger partial charge in [-0.3, -0.25) is 4.79 Å². The number of carbonyl (C=O) groups excluding carboxylic acids is 2. The molecule has 0 saturated heterocycles. The minimum atomic E-state index is -0.348. The number of hydrogen-bond donors (Lipinski definition) is 1. The van der Waals surface area contributed by atoms with Crippen molar-refractivity contribution in [2.75, 3.05) is 6.26 Å². The van der Waals surface area contributed by atoms with E-state index in [-0.39, 0.29) is 23.4 Å². The summed E-state index contributed by atoms with van der Waals surface area (Å²) in [5.41, 5.74) is 0. The van der Waals surface area contributed by atoms with Gasteiger partial charge in [-0.25, -0.2) is 4.79 Å². The summed E-state index contributed by atoms with van der Waals surface area (Å²) in [5, 5.41) is 2.54. The molecule has 0 spiro atoms. The summed E-state index contributed by atoms with van der Waals surface area (Å²) in [5.74, 6) is -0.0887. The Bertz CT molecular complexity index is 304. The SMILES string of the molecule is CSC(=O)OC1/C=C/CCCCC1NC(C)=O. The zero-order valence-electron chi connectivity index (χ0n) is 10.3. The van der Waals surface area contributed by atoms with Crippen LogP contribution >= 0.6 is 11.8 Å². The van der Waals surface area contributed by atoms with Gasteiger partial charge in [0, 0.05) is 6.92 Å². The second kappa shape index (κ2) is 7.37. The van der Waals surface area contributed by atoms with Crippen LogP contribution in [-0.4, -0.2) is 29.6 Å². The minimum Gasteiger partial charge on any atom is -0.448 e. The third-order valence-electron chi connectivity index (χ3n) is 2.65. The monoisotopic (exact) mass is 257 g/mol. The van der Waals surface area contributed by atoms with E-state index in [1.54, 1.807) is 6.26 Å². The first-order valence-corrected chi connectivity index (χ1v) is 7.04. The molecule has 0 aromatic heterocycles. The van der Waals surface area contributed by atoms with Crippen molar-refractivity contribution in [2.45, 2.75) is 44.8 Å². The Morgan fingerprint density at radius 3 is 2.82 bits per heavy atom. The molecule has 5 heteroatoms. The topological polar surface area (TPSA) is 55.4 Å². The average molecular weight is 257 g/mol. The van der Waals surface area contributed by atoms with Gasteiger partial charge in [-0.2, -0.15) is 0 Å². The van der Waals surface area contributed by atoms with Gasteiger partial charge >= 0.3 is 5.30 Å². The van der Waals surface area contributed by atoms with Crippen molar-refractivity contribution < 1.29 is 14.3 Å². The molecule has 0 fully saturated rings. The summed E-state index contributed by atoms with van der Waals surface area (Å²) in [6, 6.07) is -0.111. The predicted octanol–water partition coefficient (Wildman–Crippen LogP) is 2.49. The van der Waals surface area contributed by atoms with Crippen LogP contribution in [0.3, 0.4) is 0 Å². The highest BCUT2D eigenvalue weighted by Crippen LogP contribution is 2.17. The van der Waals surface area contributed by atoms with E-state index in [2.05, 4.69) is 5.32 Å². The van der Waals surface area contributed by atoms with Gasteiger partial charge < -0.3 is 10.1 Å². The molecule has 1 aliphatic carbocycles. The molecule has 17 heavy (non-hydrogen) atoms. The molecular weight excluding hydrogens is 238 g/mol. The maximum Gasteiger partial charge on any atom is 0.367 e. The number of carbonyl (C=O) groups is 2. The molecular formula is C12H19NO3S. The highest BCUT2D eigenvalue weighted by atomic mass is 32.2. The Hall–Kier alpha value is -0.970. The van der Waals surface area contributed by atoms with Crippen LogP contribution < -0.4 is 5.32 Å². The normalized spacial score (nSPS) is 26.5. The number of allylic oxidation sites excluding steroid dienone is 1. The highest BCUT2D eigenvalue weighted by molar-refractivity contribution is 8.12. The van der Waals surface area contributed by atoms with Crippen LogP contribution in [0.25, 0.3) is 0 Å². The van der Waals surface area contributed by atoms with Gasteiger partial charge in [-0.05, 0) is 43.4 Å². The summed E-state index contributed by atoms with van der Waals surface area (Å²) in [4.78, 5) is 22.4. The number of nitrogens with one attached hydrogen (secondary N) is 1. The van der Waals surface area contributed by atoms with Crippen LogP contribution in [0.1, 0.15) is 32.6 Å². The highest BCUT2D eigenvalue weighted by Gasteiger charge is 2.24. The van der Waals surface area contributed by atoms with Crippen molar-refractivity contribution in [3.63, 3.8) is 0 Å². The standard InChI is InChI=1S/C12H19NO3S/c1-9(14)13-10-7-5-3-4-6-8-11(10)16-12(15)17-2/h6,8,10-11H,3-5,7H2,1-2H3,(H,13,14)/b8-6+. The van der Waals surface area contributed by atoms with Crippen LogP contribution in [0.5, 0.6) is 0 Å². The molecule has 96 valence electrons. The number of hydrogen-bond acceptors (Lipinski definition) is 4. The van der Waals surface area contributed by atoms with E-state index >= 15 is 0 Å². The first kappa shape index (κ1) is 14.1. The molecule has 0 aromatic rings. The Labute approximate surface area is 106 Å². The Morgan fingerprint density at radius 2 is 2.18 bits per heavy atom. The molecule has 2 unspecified atom stereocenters. The fourth-order valence-electron chi connectivity index (χ4n) is 1.85. The zero-order chi connectivity index (χ0) is 12.7. The number of thioether (sulfide) groups is 1. The van der Waals surface area contributed by atoms with Crippen molar-refractivity contribution >= 4 is 23.0 Å². The molecule has 0 aromatic carbocycles. The van der Waals surface area contributed by atoms with Crippen molar-refractivity contribution in [1.29, 1.82) is 0 Å². The molecule has 0 heterocycles. The lowest BCUT2D eigenvalue weighted by atomic mass is 9.99. The molecule has 1 rings (SSSR count). The molecule has 1 amide bonds. The summed E-state index contributed by atoms with van der Waals surface area (Å²) in [6.45, 7) is 1.48. The van der Waals surface area contributed by atoms with E-state index in [0.29, 0.717) is 0 Å². The molecule has 4 nitrogen and oxygen atoms in total. The van der Waals surface area contributed by atoms with Gasteiger partial charge in [0.2, 0.25) is 5.91 Å². The third-order valence-corrected chi connectivity index (χ3v) is 3.08. The largest absolute Gasteiger partial charge is 0.448 e. The summed E-state index contributed by atoms with van der Waals surface area (Å²) < 4.78 is 5.31. The Balaban J connectivity index is 2.69. The summed E-state index contributed by atoms with van der Waals surface area (Å²) in [6.07, 6.45) is 9.22. The van der Waals surface area contributed by atoms with Crippen molar-refractivity contribution in [1.82, 2.24) is 5.32 Å². The molecule has 0 bridgehead atoms. The molecule has 0 radical (unpaired) electrons. The lowest BCUT2D eigenvalue weighted by molar-refractivity contribution is -0.120. The van der Waals surface area contributed by atoms with E-state index in [4.69, 9.17) is 4.74 Å². The van der Waals surface area contributed by atoms with Gasteiger partial charge in [-0.15, -0.1) is 0 Å². The lowest BCUT2D eigenvalue weighted by Gasteiger charge is -2.26. The van der Waals surface area contributed by atoms with Crippen LogP contribution in [0.4, 0.5) is 4.79 Å². The fraction of sp³-hybridized carbons (Fsp3) is 0.667. The van der Waals surface area contributed by atoms with Crippen LogP contribution in [0.15, 0.2) is 12.2 Å². The van der Waals surface area contributed by atoms with Gasteiger partial charge in [0.1, 0.15) is 6.10 Å². The molecule has 2 atom stereocenters. The van der Waals surface area contributed by atoms with Crippen molar-refractivity contribution in [3.05, 3.63) is 12.2 Å². The van der Waals surface area contributed by atoms with E-state index < -0.39 is 0 Å². The van der Waals surface area contributed by atoms with Crippen LogP contribution in [0.2, 0.25) is 0 Å². The predicted molar refractivity (Wildman–Crippen MR) is 69.0 cm³/mol. The maximum absolute atomic E-state index is 11.3. The average Bonchev–Trinajstić information content (AvgIpc) is 2.26. The van der Waals surface area contributed by atoms with Gasteiger partial charge in [0.05, 0.1) is 6.04 Å². The number of amides is 1. The molecule has 1 aliphatic rings. The van der Waals surface area contributed by atoms with E-state index in [9.17, 15) is 9.59 Å². The zero-order valence-corrected chi connectivity index (χ0v) is 11.1. The number of ether oxygens (including phenoxy) is 1. The van der Waals surface area contributed by atoms with E-state index in [1.807, 2.05) is 12.2 Å². The minimum absolute atomic E-state index is 0.0887. The van der Waals surface area contributed by atoms with Crippen molar-refractivity contribution in [3.8, 4) is 0 Å². The quantitative estimate of drug-likeness (QED) is 0.610. The maximum atomic E-state index is 11.3. The van der Waals surface area contributed by atoms with Gasteiger partial charge in [-0.1, -0.05) is 12.5 Å². The van der Waals surface area contributed by atoms with Crippen molar-refractivity contribution in [2.24, 2.45) is 0 Å². The molecule has 0 saturated carbocycles. The summed E-state index contributed by atoms with van der Waals surface area (Å²) in [7, 11) is 0. The second-order valence-corrected chi connectivity index (χ2v) is 4.80. The van der Waals surface area contributed by atoms with Crippen LogP contribution in [-0.2, 0) is 9.53 Å². The second-order valence-electron chi connectivity index (χ2n) is 4.06. The molecule has 0 aliphatic heterocycles. The van der Waals surface area contributed by atoms with Crippen LogP contribution in [0, 0.1) is 0 Å². The van der Waals surface area contributed by atoms with E-state index in [0.717, 1.165) is 37.4 Å². The Kier molecular flexibility index (Phi) is 6.11. The lowest BCUT2D eigenvalue weighted by Crippen LogP contribution is -2.43. The Morgan fingerprint density at radius 1 is 1.41 bits per heavy atom. The fourth-order valence-corrected chi connectivity index (χ4v) is 2.06. The van der Waals surface area contributed by atoms with Gasteiger partial charge in [0.15, 0.2) is 0 Å². The first-order valence-electron chi connectivity index (χ1n) is 5.82. The first-order chi connectivity index (χ1) is 8.13. The smallest absolute Gasteiger partial charge is 0.367 e. The number of rotatable bonds is 2. The summed E-state index contributed by atoms with van der Waals surface area (Å²) >= 11 is 1.04. The third kappa shape index (κ3) is 5.26. The van der Waals surface area contributed by atoms with Gasteiger partial charge in [0.25, 0.3) is 0 Å². The molecule has 1 N–H and O–H groups in total. The van der Waals surface area contributed by atoms with E-state index in [1.165, 1.54) is 6.92 Å².